The van der Waals surface area contributed by atoms with E-state index in [1.54, 1.807) is 0 Å². The second-order valence-corrected chi connectivity index (χ2v) is 4.28. The second-order valence-electron chi connectivity index (χ2n) is 4.28. The lowest BCUT2D eigenvalue weighted by atomic mass is 10.0. The number of carboxylic acid groups (broad SMARTS) is 1. The number of rotatable bonds is 3. The monoisotopic (exact) mass is 265 g/mol. The van der Waals surface area contributed by atoms with Gasteiger partial charge in [-0.2, -0.15) is 0 Å². The molecule has 1 heterocycles. The molecule has 4 heteroatoms. The molecule has 0 radical (unpaired) electrons. The molecule has 4 nitrogen and oxygen atoms in total. The van der Waals surface area contributed by atoms with Crippen LogP contribution in [0.1, 0.15) is 10.6 Å². The Morgan fingerprint density at radius 3 is 2.35 bits per heavy atom. The van der Waals surface area contributed by atoms with Gasteiger partial charge in [-0.1, -0.05) is 42.5 Å². The van der Waals surface area contributed by atoms with Gasteiger partial charge in [0.1, 0.15) is 0 Å². The Bertz CT molecular complexity index is 747. The third kappa shape index (κ3) is 2.31. The normalized spacial score (nSPS) is 10.4. The van der Waals surface area contributed by atoms with E-state index in [4.69, 9.17) is 9.52 Å². The molecule has 0 atom stereocenters. The van der Waals surface area contributed by atoms with Crippen molar-refractivity contribution in [2.75, 3.05) is 0 Å². The number of aromatic nitrogens is 1. The molecule has 98 valence electrons. The van der Waals surface area contributed by atoms with Gasteiger partial charge in [-0.15, -0.1) is 0 Å². The van der Waals surface area contributed by atoms with Gasteiger partial charge < -0.3 is 9.52 Å². The molecule has 1 N–H and O–H groups in total. The zero-order chi connectivity index (χ0) is 13.9. The smallest absolute Gasteiger partial charge is 0.373 e. The summed E-state index contributed by atoms with van der Waals surface area (Å²) in [6.45, 7) is 0. The fraction of sp³-hybridized carbons (Fsp3) is 0. The van der Waals surface area contributed by atoms with Gasteiger partial charge in [0.25, 0.3) is 0 Å². The standard InChI is InChI=1S/C16H11NO3/c18-16(19)14-10-17-15(20-14)13-8-4-7-12(9-13)11-5-2-1-3-6-11/h1-10H,(H,18,19). The number of hydrogen-bond donors (Lipinski definition) is 1. The lowest BCUT2D eigenvalue weighted by Crippen LogP contribution is -1.91. The number of aromatic carboxylic acids is 1. The van der Waals surface area contributed by atoms with Crippen LogP contribution in [0, 0.1) is 0 Å². The highest BCUT2D eigenvalue weighted by Crippen LogP contribution is 2.25. The van der Waals surface area contributed by atoms with Crippen LogP contribution < -0.4 is 0 Å². The van der Waals surface area contributed by atoms with Crippen LogP contribution in [-0.2, 0) is 0 Å². The van der Waals surface area contributed by atoms with E-state index in [1.165, 1.54) is 6.20 Å². The summed E-state index contributed by atoms with van der Waals surface area (Å²) in [7, 11) is 0. The third-order valence-electron chi connectivity index (χ3n) is 2.93. The van der Waals surface area contributed by atoms with Crippen molar-refractivity contribution in [3.8, 4) is 22.6 Å². The molecule has 0 saturated heterocycles. The molecule has 0 bridgehead atoms. The summed E-state index contributed by atoms with van der Waals surface area (Å²) < 4.78 is 5.21. The minimum Gasteiger partial charge on any atom is -0.475 e. The largest absolute Gasteiger partial charge is 0.475 e. The maximum absolute atomic E-state index is 10.8. The van der Waals surface area contributed by atoms with Crippen LogP contribution in [0.2, 0.25) is 0 Å². The Kier molecular flexibility index (Phi) is 3.05. The van der Waals surface area contributed by atoms with Crippen LogP contribution in [-0.4, -0.2) is 16.1 Å². The Hall–Kier alpha value is -2.88. The Morgan fingerprint density at radius 1 is 0.950 bits per heavy atom. The summed E-state index contributed by atoms with van der Waals surface area (Å²) in [6, 6.07) is 17.6. The molecule has 0 aliphatic carbocycles. The number of oxazole rings is 1. The SMILES string of the molecule is O=C(O)c1cnc(-c2cccc(-c3ccccc3)c2)o1. The first-order valence-electron chi connectivity index (χ1n) is 6.09. The lowest BCUT2D eigenvalue weighted by molar-refractivity contribution is 0.0663. The van der Waals surface area contributed by atoms with Crippen molar-refractivity contribution in [1.29, 1.82) is 0 Å². The van der Waals surface area contributed by atoms with Gasteiger partial charge in [0.15, 0.2) is 0 Å². The summed E-state index contributed by atoms with van der Waals surface area (Å²) in [5.74, 6) is -0.978. The molecule has 0 spiro atoms. The Balaban J connectivity index is 2.01. The van der Waals surface area contributed by atoms with Crippen molar-refractivity contribution in [1.82, 2.24) is 4.98 Å². The summed E-state index contributed by atoms with van der Waals surface area (Å²) in [4.78, 5) is 14.8. The maximum atomic E-state index is 10.8. The van der Waals surface area contributed by atoms with Crippen LogP contribution in [0.5, 0.6) is 0 Å². The van der Waals surface area contributed by atoms with Crippen LogP contribution in [0.25, 0.3) is 22.6 Å². The van der Waals surface area contributed by atoms with Crippen molar-refractivity contribution in [2.45, 2.75) is 0 Å². The predicted octanol–water partition coefficient (Wildman–Crippen LogP) is 3.71. The van der Waals surface area contributed by atoms with E-state index < -0.39 is 5.97 Å². The molecule has 0 aliphatic heterocycles. The highest BCUT2D eigenvalue weighted by molar-refractivity contribution is 5.84. The zero-order valence-corrected chi connectivity index (χ0v) is 10.5. The quantitative estimate of drug-likeness (QED) is 0.784. The van der Waals surface area contributed by atoms with E-state index in [0.717, 1.165) is 16.7 Å². The van der Waals surface area contributed by atoms with Gasteiger partial charge >= 0.3 is 5.97 Å². The molecular weight excluding hydrogens is 254 g/mol. The van der Waals surface area contributed by atoms with Crippen molar-refractivity contribution >= 4 is 5.97 Å². The Labute approximate surface area is 115 Å². The highest BCUT2D eigenvalue weighted by Gasteiger charge is 2.12. The fourth-order valence-corrected chi connectivity index (χ4v) is 1.97. The Morgan fingerprint density at radius 2 is 1.65 bits per heavy atom. The summed E-state index contributed by atoms with van der Waals surface area (Å²) in [5.41, 5.74) is 2.86. The fourth-order valence-electron chi connectivity index (χ4n) is 1.97. The molecule has 3 aromatic rings. The van der Waals surface area contributed by atoms with E-state index in [1.807, 2.05) is 54.6 Å². The van der Waals surface area contributed by atoms with Crippen LogP contribution in [0.3, 0.4) is 0 Å². The van der Waals surface area contributed by atoms with Gasteiger partial charge in [-0.05, 0) is 23.3 Å². The lowest BCUT2D eigenvalue weighted by Gasteiger charge is -2.03. The molecule has 0 unspecified atom stereocenters. The van der Waals surface area contributed by atoms with E-state index in [9.17, 15) is 4.79 Å². The second kappa shape index (κ2) is 5.01. The zero-order valence-electron chi connectivity index (χ0n) is 10.5. The van der Waals surface area contributed by atoms with E-state index in [-0.39, 0.29) is 5.76 Å². The predicted molar refractivity (Wildman–Crippen MR) is 74.3 cm³/mol. The first-order chi connectivity index (χ1) is 9.74. The molecule has 0 saturated carbocycles. The number of carboxylic acids is 1. The van der Waals surface area contributed by atoms with Crippen molar-refractivity contribution in [3.05, 3.63) is 66.6 Å². The first-order valence-corrected chi connectivity index (χ1v) is 6.09. The van der Waals surface area contributed by atoms with Crippen molar-refractivity contribution < 1.29 is 14.3 Å². The summed E-state index contributed by atoms with van der Waals surface area (Å²) >= 11 is 0. The van der Waals surface area contributed by atoms with Crippen LogP contribution in [0.15, 0.2) is 65.2 Å². The van der Waals surface area contributed by atoms with Crippen molar-refractivity contribution in [3.63, 3.8) is 0 Å². The summed E-state index contributed by atoms with van der Waals surface area (Å²) in [6.07, 6.45) is 1.22. The average molecular weight is 265 g/mol. The van der Waals surface area contributed by atoms with E-state index in [0.29, 0.717) is 5.89 Å². The van der Waals surface area contributed by atoms with E-state index in [2.05, 4.69) is 4.98 Å². The number of nitrogens with zero attached hydrogens (tertiary/aromatic N) is 1. The highest BCUT2D eigenvalue weighted by atomic mass is 16.4. The molecule has 0 aliphatic rings. The number of carbonyl (C=O) groups is 1. The molecule has 3 rings (SSSR count). The van der Waals surface area contributed by atoms with Crippen LogP contribution >= 0.6 is 0 Å². The topological polar surface area (TPSA) is 63.3 Å². The molecule has 1 aromatic heterocycles. The molecule has 0 fully saturated rings. The minimum atomic E-state index is -1.12. The van der Waals surface area contributed by atoms with Gasteiger partial charge in [-0.3, -0.25) is 0 Å². The molecule has 0 amide bonds. The third-order valence-corrected chi connectivity index (χ3v) is 2.93. The minimum absolute atomic E-state index is 0.162. The van der Waals surface area contributed by atoms with Crippen molar-refractivity contribution in [2.24, 2.45) is 0 Å². The van der Waals surface area contributed by atoms with Gasteiger partial charge in [0.05, 0.1) is 6.20 Å². The summed E-state index contributed by atoms with van der Waals surface area (Å²) in [5, 5.41) is 8.84. The number of hydrogen-bond acceptors (Lipinski definition) is 3. The maximum Gasteiger partial charge on any atom is 0.373 e. The van der Waals surface area contributed by atoms with Crippen LogP contribution in [0.4, 0.5) is 0 Å². The molecule has 2 aromatic carbocycles. The van der Waals surface area contributed by atoms with Gasteiger partial charge in [0.2, 0.25) is 11.7 Å². The molecular formula is C16H11NO3. The van der Waals surface area contributed by atoms with Gasteiger partial charge in [-0.25, -0.2) is 9.78 Å². The molecule has 20 heavy (non-hydrogen) atoms. The average Bonchev–Trinajstić information content (AvgIpc) is 2.98. The van der Waals surface area contributed by atoms with Gasteiger partial charge in [0, 0.05) is 5.56 Å². The van der Waals surface area contributed by atoms with E-state index >= 15 is 0 Å². The first kappa shape index (κ1) is 12.2. The number of benzene rings is 2.